The molecular weight excluding hydrogens is 378 g/mol. The van der Waals surface area contributed by atoms with Gasteiger partial charge in [0.1, 0.15) is 5.75 Å². The van der Waals surface area contributed by atoms with Crippen LogP contribution in [0.2, 0.25) is 0 Å². The standard InChI is InChI=1S/C23H39N5O2/c1-6-24-23(26(4)18-22(29)27(7-2)8-3)25-17-21(28-14-9-10-15-28)19-12-11-13-20(16-19)30-5/h11-13,16,21H,6-10,14-15,17-18H2,1-5H3,(H,24,25). The number of nitrogens with one attached hydrogen (secondary N) is 1. The van der Waals surface area contributed by atoms with Gasteiger partial charge in [0.15, 0.2) is 5.96 Å². The average Bonchev–Trinajstić information content (AvgIpc) is 3.28. The van der Waals surface area contributed by atoms with Gasteiger partial charge in [0.25, 0.3) is 0 Å². The number of guanidine groups is 1. The zero-order chi connectivity index (χ0) is 21.9. The van der Waals surface area contributed by atoms with Crippen molar-refractivity contribution >= 4 is 11.9 Å². The molecule has 2 rings (SSSR count). The SMILES string of the molecule is CCNC(=NCC(c1cccc(OC)c1)N1CCCC1)N(C)CC(=O)N(CC)CC. The first kappa shape index (κ1) is 24.0. The lowest BCUT2D eigenvalue weighted by Crippen LogP contribution is -2.46. The van der Waals surface area contributed by atoms with Crippen molar-refractivity contribution < 1.29 is 9.53 Å². The Morgan fingerprint density at radius 2 is 1.93 bits per heavy atom. The molecule has 7 heteroatoms. The van der Waals surface area contributed by atoms with Crippen LogP contribution in [0.4, 0.5) is 0 Å². The fourth-order valence-corrected chi connectivity index (χ4v) is 3.93. The highest BCUT2D eigenvalue weighted by Crippen LogP contribution is 2.28. The first-order valence-corrected chi connectivity index (χ1v) is 11.2. The van der Waals surface area contributed by atoms with Gasteiger partial charge in [0.05, 0.1) is 26.2 Å². The van der Waals surface area contributed by atoms with Gasteiger partial charge in [0, 0.05) is 26.7 Å². The topological polar surface area (TPSA) is 60.4 Å². The summed E-state index contributed by atoms with van der Waals surface area (Å²) < 4.78 is 5.44. The van der Waals surface area contributed by atoms with Gasteiger partial charge in [-0.15, -0.1) is 0 Å². The van der Waals surface area contributed by atoms with Gasteiger partial charge in [0.2, 0.25) is 5.91 Å². The number of methoxy groups -OCH3 is 1. The minimum absolute atomic E-state index is 0.122. The second-order valence-electron chi connectivity index (χ2n) is 7.65. The third kappa shape index (κ3) is 6.62. The summed E-state index contributed by atoms with van der Waals surface area (Å²) in [4.78, 5) is 23.8. The van der Waals surface area contributed by atoms with Gasteiger partial charge in [-0.05, 0) is 64.4 Å². The maximum atomic E-state index is 12.5. The lowest BCUT2D eigenvalue weighted by Gasteiger charge is -2.29. The van der Waals surface area contributed by atoms with Crippen LogP contribution in [0.5, 0.6) is 5.75 Å². The van der Waals surface area contributed by atoms with Crippen LogP contribution in [0.15, 0.2) is 29.3 Å². The van der Waals surface area contributed by atoms with Gasteiger partial charge in [-0.1, -0.05) is 12.1 Å². The van der Waals surface area contributed by atoms with Crippen LogP contribution in [0, 0.1) is 0 Å². The maximum absolute atomic E-state index is 12.5. The fraction of sp³-hybridized carbons (Fsp3) is 0.652. The van der Waals surface area contributed by atoms with Gasteiger partial charge in [-0.2, -0.15) is 0 Å². The number of carbonyl (C=O) groups excluding carboxylic acids is 1. The summed E-state index contributed by atoms with van der Waals surface area (Å²) in [6, 6.07) is 8.48. The molecule has 1 unspecified atom stereocenters. The molecule has 7 nitrogen and oxygen atoms in total. The molecule has 1 aromatic rings. The highest BCUT2D eigenvalue weighted by molar-refractivity contribution is 5.86. The van der Waals surface area contributed by atoms with E-state index in [1.807, 2.05) is 42.8 Å². The van der Waals surface area contributed by atoms with Gasteiger partial charge in [-0.25, -0.2) is 0 Å². The Balaban J connectivity index is 2.19. The van der Waals surface area contributed by atoms with E-state index in [0.717, 1.165) is 44.4 Å². The molecule has 1 aliphatic rings. The summed E-state index contributed by atoms with van der Waals surface area (Å²) in [5.41, 5.74) is 1.22. The number of hydrogen-bond acceptors (Lipinski definition) is 4. The number of carbonyl (C=O) groups is 1. The van der Waals surface area contributed by atoms with Gasteiger partial charge in [-0.3, -0.25) is 14.7 Å². The molecule has 168 valence electrons. The summed E-state index contributed by atoms with van der Waals surface area (Å²) >= 11 is 0. The quantitative estimate of drug-likeness (QED) is 0.468. The lowest BCUT2D eigenvalue weighted by atomic mass is 10.1. The van der Waals surface area contributed by atoms with Crippen LogP contribution < -0.4 is 10.1 Å². The van der Waals surface area contributed by atoms with E-state index in [4.69, 9.17) is 9.73 Å². The molecule has 1 heterocycles. The van der Waals surface area contributed by atoms with Crippen LogP contribution in [0.1, 0.15) is 45.2 Å². The molecule has 0 aliphatic carbocycles. The van der Waals surface area contributed by atoms with E-state index in [-0.39, 0.29) is 11.9 Å². The maximum Gasteiger partial charge on any atom is 0.242 e. The first-order chi connectivity index (χ1) is 14.5. The Kier molecular flexibility index (Phi) is 9.94. The number of aliphatic imine (C=N–C) groups is 1. The number of rotatable bonds is 10. The Morgan fingerprint density at radius 1 is 1.23 bits per heavy atom. The van der Waals surface area contributed by atoms with E-state index in [0.29, 0.717) is 13.1 Å². The average molecular weight is 418 g/mol. The molecule has 1 N–H and O–H groups in total. The summed E-state index contributed by atoms with van der Waals surface area (Å²) in [5.74, 6) is 1.76. The molecule has 1 aliphatic heterocycles. The molecule has 0 aromatic heterocycles. The molecule has 0 bridgehead atoms. The van der Waals surface area contributed by atoms with Gasteiger partial charge < -0.3 is 19.9 Å². The van der Waals surface area contributed by atoms with E-state index < -0.39 is 0 Å². The summed E-state index contributed by atoms with van der Waals surface area (Å²) in [7, 11) is 3.63. The van der Waals surface area contributed by atoms with Crippen LogP contribution in [0.3, 0.4) is 0 Å². The van der Waals surface area contributed by atoms with E-state index >= 15 is 0 Å². The van der Waals surface area contributed by atoms with E-state index in [1.165, 1.54) is 18.4 Å². The summed E-state index contributed by atoms with van der Waals surface area (Å²) in [6.07, 6.45) is 2.45. The number of ether oxygens (including phenoxy) is 1. The predicted molar refractivity (Wildman–Crippen MR) is 123 cm³/mol. The molecule has 1 saturated heterocycles. The Hall–Kier alpha value is -2.28. The third-order valence-corrected chi connectivity index (χ3v) is 5.66. The van der Waals surface area contributed by atoms with Crippen molar-refractivity contribution in [3.05, 3.63) is 29.8 Å². The van der Waals surface area contributed by atoms with E-state index in [2.05, 4.69) is 29.3 Å². The number of benzene rings is 1. The van der Waals surface area contributed by atoms with Crippen molar-refractivity contribution in [3.63, 3.8) is 0 Å². The van der Waals surface area contributed by atoms with Crippen molar-refractivity contribution in [3.8, 4) is 5.75 Å². The first-order valence-electron chi connectivity index (χ1n) is 11.2. The molecular formula is C23H39N5O2. The van der Waals surface area contributed by atoms with Crippen molar-refractivity contribution in [2.24, 2.45) is 4.99 Å². The number of likely N-dealkylation sites (N-methyl/N-ethyl adjacent to an activating group) is 2. The number of hydrogen-bond donors (Lipinski definition) is 1. The van der Waals surface area contributed by atoms with Crippen molar-refractivity contribution in [2.75, 3.05) is 60.0 Å². The smallest absolute Gasteiger partial charge is 0.242 e. The van der Waals surface area contributed by atoms with Gasteiger partial charge >= 0.3 is 0 Å². The molecule has 0 radical (unpaired) electrons. The van der Waals surface area contributed by atoms with E-state index in [9.17, 15) is 4.79 Å². The minimum Gasteiger partial charge on any atom is -0.497 e. The Morgan fingerprint density at radius 3 is 2.53 bits per heavy atom. The highest BCUT2D eigenvalue weighted by Gasteiger charge is 2.24. The monoisotopic (exact) mass is 417 g/mol. The predicted octanol–water partition coefficient (Wildman–Crippen LogP) is 2.60. The highest BCUT2D eigenvalue weighted by atomic mass is 16.5. The molecule has 1 aromatic carbocycles. The zero-order valence-corrected chi connectivity index (χ0v) is 19.4. The third-order valence-electron chi connectivity index (χ3n) is 5.66. The number of likely N-dealkylation sites (tertiary alicyclic amines) is 1. The van der Waals surface area contributed by atoms with Crippen LogP contribution in [-0.4, -0.2) is 86.5 Å². The van der Waals surface area contributed by atoms with Crippen LogP contribution in [0.25, 0.3) is 0 Å². The zero-order valence-electron chi connectivity index (χ0n) is 19.4. The largest absolute Gasteiger partial charge is 0.497 e. The lowest BCUT2D eigenvalue weighted by molar-refractivity contribution is -0.131. The fourth-order valence-electron chi connectivity index (χ4n) is 3.93. The molecule has 30 heavy (non-hydrogen) atoms. The molecule has 1 amide bonds. The number of amides is 1. The van der Waals surface area contributed by atoms with Crippen molar-refractivity contribution in [1.29, 1.82) is 0 Å². The van der Waals surface area contributed by atoms with E-state index in [1.54, 1.807) is 7.11 Å². The summed E-state index contributed by atoms with van der Waals surface area (Å²) in [6.45, 7) is 11.4. The Labute approximate surface area is 182 Å². The molecule has 0 spiro atoms. The second-order valence-corrected chi connectivity index (χ2v) is 7.65. The molecule has 1 atom stereocenters. The van der Waals surface area contributed by atoms with Crippen molar-refractivity contribution in [2.45, 2.75) is 39.7 Å². The second kappa shape index (κ2) is 12.4. The molecule has 0 saturated carbocycles. The van der Waals surface area contributed by atoms with Crippen molar-refractivity contribution in [1.82, 2.24) is 20.0 Å². The number of nitrogens with zero attached hydrogens (tertiary/aromatic N) is 4. The van der Waals surface area contributed by atoms with Crippen LogP contribution >= 0.6 is 0 Å². The summed E-state index contributed by atoms with van der Waals surface area (Å²) in [5, 5.41) is 3.34. The Bertz CT molecular complexity index is 684. The molecule has 1 fully saturated rings. The normalized spacial score (nSPS) is 15.7. The minimum atomic E-state index is 0.122. The van der Waals surface area contributed by atoms with Crippen LogP contribution in [-0.2, 0) is 4.79 Å².